The minimum atomic E-state index is -0.313. The maximum absolute atomic E-state index is 12.8. The fourth-order valence-corrected chi connectivity index (χ4v) is 4.60. The molecule has 140 valence electrons. The molecule has 1 aliphatic carbocycles. The van der Waals surface area contributed by atoms with Crippen LogP contribution in [0.3, 0.4) is 0 Å². The number of hydrogen-bond acceptors (Lipinski definition) is 6. The summed E-state index contributed by atoms with van der Waals surface area (Å²) in [5.74, 6) is -0.154. The second-order valence-corrected chi connectivity index (χ2v) is 8.09. The summed E-state index contributed by atoms with van der Waals surface area (Å²) >= 11 is 1.25. The second kappa shape index (κ2) is 6.92. The third kappa shape index (κ3) is 3.19. The second-order valence-electron chi connectivity index (χ2n) is 7.09. The number of nitrogens with two attached hydrogens (primary N) is 1. The highest BCUT2D eigenvalue weighted by molar-refractivity contribution is 7.17. The van der Waals surface area contributed by atoms with Crippen molar-refractivity contribution in [3.8, 4) is 10.6 Å². The van der Waals surface area contributed by atoms with Crippen LogP contribution in [0, 0.1) is 20.8 Å². The van der Waals surface area contributed by atoms with E-state index < -0.39 is 0 Å². The van der Waals surface area contributed by atoms with Crippen molar-refractivity contribution in [1.82, 2.24) is 20.1 Å². The van der Waals surface area contributed by atoms with Crippen LogP contribution in [0.15, 0.2) is 4.79 Å². The highest BCUT2D eigenvalue weighted by atomic mass is 32.1. The number of aromatic nitrogens is 3. The first-order chi connectivity index (χ1) is 12.3. The molecule has 0 aliphatic heterocycles. The molecule has 7 nitrogen and oxygen atoms in total. The SMILES string of the molecule is Cc1nc(-c2c(C)c(C)nn(C)c2=O)sc1C(=O)NC1(CN)CCCC1. The quantitative estimate of drug-likeness (QED) is 0.849. The van der Waals surface area contributed by atoms with Gasteiger partial charge in [0.1, 0.15) is 9.88 Å². The van der Waals surface area contributed by atoms with E-state index in [0.717, 1.165) is 36.9 Å². The van der Waals surface area contributed by atoms with E-state index in [2.05, 4.69) is 15.4 Å². The molecule has 1 fully saturated rings. The Morgan fingerprint density at radius 2 is 1.92 bits per heavy atom. The molecule has 1 saturated carbocycles. The molecule has 0 aromatic carbocycles. The smallest absolute Gasteiger partial charge is 0.277 e. The molecule has 0 saturated heterocycles. The Balaban J connectivity index is 1.98. The van der Waals surface area contributed by atoms with E-state index in [1.807, 2.05) is 13.8 Å². The van der Waals surface area contributed by atoms with Gasteiger partial charge in [0, 0.05) is 13.6 Å². The van der Waals surface area contributed by atoms with Gasteiger partial charge in [0.15, 0.2) is 0 Å². The first-order valence-corrected chi connectivity index (χ1v) is 9.64. The molecule has 0 spiro atoms. The molecule has 26 heavy (non-hydrogen) atoms. The van der Waals surface area contributed by atoms with Gasteiger partial charge >= 0.3 is 0 Å². The molecule has 3 rings (SSSR count). The summed E-state index contributed by atoms with van der Waals surface area (Å²) in [6.07, 6.45) is 3.97. The normalized spacial score (nSPS) is 16.0. The van der Waals surface area contributed by atoms with Gasteiger partial charge in [-0.15, -0.1) is 11.3 Å². The van der Waals surface area contributed by atoms with Crippen LogP contribution >= 0.6 is 11.3 Å². The number of nitrogens with one attached hydrogen (secondary N) is 1. The molecule has 2 aromatic heterocycles. The van der Waals surface area contributed by atoms with Crippen LogP contribution in [0.5, 0.6) is 0 Å². The van der Waals surface area contributed by atoms with Crippen LogP contribution in [0.4, 0.5) is 0 Å². The molecule has 2 heterocycles. The van der Waals surface area contributed by atoms with Crippen molar-refractivity contribution in [2.24, 2.45) is 12.8 Å². The number of carbonyl (C=O) groups is 1. The van der Waals surface area contributed by atoms with E-state index in [9.17, 15) is 9.59 Å². The van der Waals surface area contributed by atoms with E-state index in [1.165, 1.54) is 16.0 Å². The topological polar surface area (TPSA) is 103 Å². The molecule has 0 atom stereocenters. The Morgan fingerprint density at radius 1 is 1.27 bits per heavy atom. The number of nitrogens with zero attached hydrogens (tertiary/aromatic N) is 3. The number of carbonyl (C=O) groups excluding carboxylic acids is 1. The number of thiazole rings is 1. The Bertz CT molecular complexity index is 909. The molecular formula is C18H25N5O2S. The maximum Gasteiger partial charge on any atom is 0.277 e. The van der Waals surface area contributed by atoms with Gasteiger partial charge in [-0.3, -0.25) is 9.59 Å². The summed E-state index contributed by atoms with van der Waals surface area (Å²) < 4.78 is 1.32. The first-order valence-electron chi connectivity index (χ1n) is 8.83. The Kier molecular flexibility index (Phi) is 4.98. The lowest BCUT2D eigenvalue weighted by Crippen LogP contribution is -2.51. The Labute approximate surface area is 156 Å². The standard InChI is InChI=1S/C18H25N5O2S/c1-10-11(2)22-23(4)17(25)13(10)16-20-12(3)14(26-16)15(24)21-18(9-19)7-5-6-8-18/h5-9,19H2,1-4H3,(H,21,24). The lowest BCUT2D eigenvalue weighted by atomic mass is 9.98. The average Bonchev–Trinajstić information content (AvgIpc) is 3.21. The van der Waals surface area contributed by atoms with Crippen molar-refractivity contribution < 1.29 is 4.79 Å². The van der Waals surface area contributed by atoms with Crippen LogP contribution in [0.2, 0.25) is 0 Å². The molecule has 0 radical (unpaired) electrons. The van der Waals surface area contributed by atoms with E-state index in [1.54, 1.807) is 14.0 Å². The van der Waals surface area contributed by atoms with E-state index >= 15 is 0 Å². The van der Waals surface area contributed by atoms with Gasteiger partial charge in [-0.05, 0) is 39.2 Å². The fraction of sp³-hybridized carbons (Fsp3) is 0.556. The maximum atomic E-state index is 12.8. The van der Waals surface area contributed by atoms with Crippen LogP contribution in [0.25, 0.3) is 10.6 Å². The van der Waals surface area contributed by atoms with Crippen LogP contribution in [-0.4, -0.2) is 32.8 Å². The largest absolute Gasteiger partial charge is 0.345 e. The summed E-state index contributed by atoms with van der Waals surface area (Å²) in [6, 6.07) is 0. The number of rotatable bonds is 4. The van der Waals surface area contributed by atoms with Crippen molar-refractivity contribution in [2.45, 2.75) is 52.0 Å². The number of amides is 1. The minimum absolute atomic E-state index is 0.154. The fourth-order valence-electron chi connectivity index (χ4n) is 3.54. The summed E-state index contributed by atoms with van der Waals surface area (Å²) in [5.41, 5.74) is 8.12. The van der Waals surface area contributed by atoms with Gasteiger partial charge in [0.25, 0.3) is 11.5 Å². The van der Waals surface area contributed by atoms with Gasteiger partial charge in [-0.2, -0.15) is 5.10 Å². The zero-order valence-corrected chi connectivity index (χ0v) is 16.5. The zero-order chi connectivity index (χ0) is 19.1. The van der Waals surface area contributed by atoms with Gasteiger partial charge in [0.05, 0.1) is 22.5 Å². The van der Waals surface area contributed by atoms with E-state index in [4.69, 9.17) is 5.73 Å². The molecule has 0 bridgehead atoms. The molecule has 3 N–H and O–H groups in total. The van der Waals surface area contributed by atoms with Crippen molar-refractivity contribution in [3.63, 3.8) is 0 Å². The van der Waals surface area contributed by atoms with Crippen LogP contribution in [0.1, 0.15) is 52.3 Å². The summed E-state index contributed by atoms with van der Waals surface area (Å²) in [4.78, 5) is 30.5. The predicted octanol–water partition coefficient (Wildman–Crippen LogP) is 1.83. The van der Waals surface area contributed by atoms with Gasteiger partial charge in [0.2, 0.25) is 0 Å². The molecule has 0 unspecified atom stereocenters. The van der Waals surface area contributed by atoms with Crippen LogP contribution in [-0.2, 0) is 7.05 Å². The minimum Gasteiger partial charge on any atom is -0.345 e. The molecule has 2 aromatic rings. The first kappa shape index (κ1) is 18.7. The third-order valence-electron chi connectivity index (χ3n) is 5.27. The highest BCUT2D eigenvalue weighted by Crippen LogP contribution is 2.32. The summed E-state index contributed by atoms with van der Waals surface area (Å²) in [7, 11) is 1.62. The van der Waals surface area contributed by atoms with E-state index in [0.29, 0.717) is 27.7 Å². The predicted molar refractivity (Wildman–Crippen MR) is 103 cm³/mol. The highest BCUT2D eigenvalue weighted by Gasteiger charge is 2.35. The van der Waals surface area contributed by atoms with Crippen molar-refractivity contribution in [3.05, 3.63) is 32.2 Å². The van der Waals surface area contributed by atoms with Crippen molar-refractivity contribution >= 4 is 17.2 Å². The zero-order valence-electron chi connectivity index (χ0n) is 15.7. The summed E-state index contributed by atoms with van der Waals surface area (Å²) in [6.45, 7) is 5.95. The average molecular weight is 375 g/mol. The number of aryl methyl sites for hydroxylation is 3. The molecule has 1 aliphatic rings. The lowest BCUT2D eigenvalue weighted by Gasteiger charge is -2.28. The lowest BCUT2D eigenvalue weighted by molar-refractivity contribution is 0.0906. The summed E-state index contributed by atoms with van der Waals surface area (Å²) in [5, 5.41) is 7.89. The van der Waals surface area contributed by atoms with E-state index in [-0.39, 0.29) is 17.0 Å². The van der Waals surface area contributed by atoms with Crippen molar-refractivity contribution in [2.75, 3.05) is 6.54 Å². The van der Waals surface area contributed by atoms with Crippen LogP contribution < -0.4 is 16.6 Å². The third-order valence-corrected chi connectivity index (χ3v) is 6.45. The number of hydrogen-bond donors (Lipinski definition) is 2. The monoisotopic (exact) mass is 375 g/mol. The Morgan fingerprint density at radius 3 is 2.54 bits per heavy atom. The molecule has 1 amide bonds. The van der Waals surface area contributed by atoms with Gasteiger partial charge < -0.3 is 11.1 Å². The molecular weight excluding hydrogens is 350 g/mol. The van der Waals surface area contributed by atoms with Gasteiger partial charge in [-0.25, -0.2) is 9.67 Å². The Hall–Kier alpha value is -2.06. The van der Waals surface area contributed by atoms with Gasteiger partial charge in [-0.1, -0.05) is 12.8 Å². The van der Waals surface area contributed by atoms with Crippen molar-refractivity contribution in [1.29, 1.82) is 0 Å². The molecule has 8 heteroatoms.